The zero-order valence-electron chi connectivity index (χ0n) is 15.6. The second-order valence-electron chi connectivity index (χ2n) is 6.93. The predicted molar refractivity (Wildman–Crippen MR) is 110 cm³/mol. The van der Waals surface area contributed by atoms with Crippen LogP contribution in [0.15, 0.2) is 64.5 Å². The number of anilines is 1. The van der Waals surface area contributed by atoms with Crippen molar-refractivity contribution >= 4 is 22.6 Å². The van der Waals surface area contributed by atoms with E-state index in [1.165, 1.54) is 12.0 Å². The molecule has 0 spiro atoms. The summed E-state index contributed by atoms with van der Waals surface area (Å²) in [5, 5.41) is 5.35. The number of hydrogen-bond acceptors (Lipinski definition) is 4. The van der Waals surface area contributed by atoms with Crippen molar-refractivity contribution < 1.29 is 0 Å². The minimum atomic E-state index is -0.0333. The minimum absolute atomic E-state index is 0.0333. The fourth-order valence-corrected chi connectivity index (χ4v) is 3.84. The third-order valence-corrected chi connectivity index (χ3v) is 5.26. The predicted octanol–water partition coefficient (Wildman–Crippen LogP) is 4.54. The van der Waals surface area contributed by atoms with Gasteiger partial charge in [0.15, 0.2) is 0 Å². The van der Waals surface area contributed by atoms with E-state index in [2.05, 4.69) is 34.7 Å². The lowest BCUT2D eigenvalue weighted by molar-refractivity contribution is 0.611. The first kappa shape index (κ1) is 17.5. The van der Waals surface area contributed by atoms with E-state index in [-0.39, 0.29) is 5.56 Å². The van der Waals surface area contributed by atoms with Crippen LogP contribution in [0.4, 0.5) is 5.95 Å². The van der Waals surface area contributed by atoms with Gasteiger partial charge in [0.25, 0.3) is 5.56 Å². The average molecular weight is 360 g/mol. The molecule has 1 atom stereocenters. The lowest BCUT2D eigenvalue weighted by atomic mass is 9.82. The van der Waals surface area contributed by atoms with Gasteiger partial charge in [-0.05, 0) is 43.9 Å². The van der Waals surface area contributed by atoms with Crippen molar-refractivity contribution in [2.45, 2.75) is 45.1 Å². The maximum atomic E-state index is 12.8. The molecular formula is C22H24N4O. The molecule has 1 aromatic heterocycles. The molecule has 1 heterocycles. The second kappa shape index (κ2) is 7.74. The smallest absolute Gasteiger partial charge is 0.262 e. The van der Waals surface area contributed by atoms with Gasteiger partial charge in [0, 0.05) is 18.2 Å². The third-order valence-electron chi connectivity index (χ3n) is 5.26. The molecule has 2 aromatic carbocycles. The average Bonchev–Trinajstić information content (AvgIpc) is 2.73. The van der Waals surface area contributed by atoms with Gasteiger partial charge < -0.3 is 0 Å². The summed E-state index contributed by atoms with van der Waals surface area (Å²) < 4.78 is 1.65. The Bertz CT molecular complexity index is 1020. The summed E-state index contributed by atoms with van der Waals surface area (Å²) in [5.41, 5.74) is 6.21. The highest BCUT2D eigenvalue weighted by Gasteiger charge is 2.22. The van der Waals surface area contributed by atoms with Gasteiger partial charge in [0.05, 0.1) is 10.9 Å². The molecule has 0 aliphatic heterocycles. The van der Waals surface area contributed by atoms with Crippen molar-refractivity contribution in [3.8, 4) is 0 Å². The van der Waals surface area contributed by atoms with E-state index in [0.717, 1.165) is 25.0 Å². The SMILES string of the molecule is CCn1c(N/N=C2/CCCC[C@@H]2c2ccccc2)nc2ccccc2c1=O. The van der Waals surface area contributed by atoms with Crippen LogP contribution >= 0.6 is 0 Å². The lowest BCUT2D eigenvalue weighted by Gasteiger charge is -2.24. The molecule has 1 fully saturated rings. The number of fused-ring (bicyclic) bond motifs is 1. The fourth-order valence-electron chi connectivity index (χ4n) is 3.84. The molecule has 5 heteroatoms. The van der Waals surface area contributed by atoms with Crippen LogP contribution in [-0.4, -0.2) is 15.3 Å². The molecule has 1 saturated carbocycles. The summed E-state index contributed by atoms with van der Waals surface area (Å²) >= 11 is 0. The highest BCUT2D eigenvalue weighted by molar-refractivity contribution is 5.92. The van der Waals surface area contributed by atoms with E-state index >= 15 is 0 Å². The fraction of sp³-hybridized carbons (Fsp3) is 0.318. The Labute approximate surface area is 158 Å². The standard InChI is InChI=1S/C22H24N4O/c1-2-26-21(27)18-13-7-8-14-19(18)23-22(26)25-24-20-15-9-6-12-17(20)16-10-4-3-5-11-16/h3-5,7-8,10-11,13-14,17H,2,6,9,12,15H2,1H3,(H,23,25)/b24-20-/t17-/m1/s1. The molecule has 0 saturated heterocycles. The Balaban J connectivity index is 1.70. The number of benzene rings is 2. The van der Waals surface area contributed by atoms with Gasteiger partial charge in [-0.15, -0.1) is 0 Å². The van der Waals surface area contributed by atoms with Crippen molar-refractivity contribution in [1.82, 2.24) is 9.55 Å². The topological polar surface area (TPSA) is 59.3 Å². The Morgan fingerprint density at radius 1 is 1.11 bits per heavy atom. The van der Waals surface area contributed by atoms with E-state index in [9.17, 15) is 4.79 Å². The molecule has 0 unspecified atom stereocenters. The summed E-state index contributed by atoms with van der Waals surface area (Å²) in [5.74, 6) is 0.834. The third kappa shape index (κ3) is 3.50. The van der Waals surface area contributed by atoms with Crippen molar-refractivity contribution in [3.05, 3.63) is 70.5 Å². The number of para-hydroxylation sites is 1. The molecule has 138 valence electrons. The molecule has 1 aliphatic carbocycles. The first-order valence-corrected chi connectivity index (χ1v) is 9.65. The van der Waals surface area contributed by atoms with Crippen LogP contribution in [0.2, 0.25) is 0 Å². The summed E-state index contributed by atoms with van der Waals surface area (Å²) in [4.78, 5) is 17.4. The van der Waals surface area contributed by atoms with Crippen LogP contribution in [0, 0.1) is 0 Å². The lowest BCUT2D eigenvalue weighted by Crippen LogP contribution is -2.24. The van der Waals surface area contributed by atoms with Crippen LogP contribution in [0.5, 0.6) is 0 Å². The molecule has 0 radical (unpaired) electrons. The van der Waals surface area contributed by atoms with Gasteiger partial charge in [-0.1, -0.05) is 48.9 Å². The first-order chi connectivity index (χ1) is 13.3. The Hall–Kier alpha value is -2.95. The number of rotatable bonds is 4. The molecule has 1 aliphatic rings. The normalized spacial score (nSPS) is 18.7. The number of nitrogens with one attached hydrogen (secondary N) is 1. The van der Waals surface area contributed by atoms with Gasteiger partial charge in [0.1, 0.15) is 0 Å². The highest BCUT2D eigenvalue weighted by atomic mass is 16.1. The summed E-state index contributed by atoms with van der Waals surface area (Å²) in [6.07, 6.45) is 4.44. The summed E-state index contributed by atoms with van der Waals surface area (Å²) in [6, 6.07) is 18.0. The molecule has 4 rings (SSSR count). The van der Waals surface area contributed by atoms with Crippen molar-refractivity contribution in [2.75, 3.05) is 5.43 Å². The van der Waals surface area contributed by atoms with Gasteiger partial charge >= 0.3 is 0 Å². The Kier molecular flexibility index (Phi) is 5.01. The molecule has 3 aromatic rings. The van der Waals surface area contributed by atoms with Crippen LogP contribution in [-0.2, 0) is 6.54 Å². The van der Waals surface area contributed by atoms with E-state index in [4.69, 9.17) is 5.10 Å². The van der Waals surface area contributed by atoms with Gasteiger partial charge in [-0.25, -0.2) is 10.4 Å². The largest absolute Gasteiger partial charge is 0.277 e. The molecule has 27 heavy (non-hydrogen) atoms. The second-order valence-corrected chi connectivity index (χ2v) is 6.93. The monoisotopic (exact) mass is 360 g/mol. The molecule has 0 amide bonds. The maximum Gasteiger partial charge on any atom is 0.262 e. The molecule has 0 bridgehead atoms. The number of hydrogen-bond donors (Lipinski definition) is 1. The van der Waals surface area contributed by atoms with Crippen molar-refractivity contribution in [1.29, 1.82) is 0 Å². The Morgan fingerprint density at radius 2 is 1.89 bits per heavy atom. The van der Waals surface area contributed by atoms with Crippen molar-refractivity contribution in [3.63, 3.8) is 0 Å². The zero-order chi connectivity index (χ0) is 18.6. The van der Waals surface area contributed by atoms with E-state index in [1.54, 1.807) is 4.57 Å². The van der Waals surface area contributed by atoms with Gasteiger partial charge in [0.2, 0.25) is 5.95 Å². The maximum absolute atomic E-state index is 12.8. The van der Waals surface area contributed by atoms with E-state index < -0.39 is 0 Å². The van der Waals surface area contributed by atoms with Gasteiger partial charge in [-0.3, -0.25) is 9.36 Å². The van der Waals surface area contributed by atoms with Crippen molar-refractivity contribution in [2.24, 2.45) is 5.10 Å². The minimum Gasteiger partial charge on any atom is -0.277 e. The molecular weight excluding hydrogens is 336 g/mol. The van der Waals surface area contributed by atoms with E-state index in [1.807, 2.05) is 37.3 Å². The molecule has 5 nitrogen and oxygen atoms in total. The van der Waals surface area contributed by atoms with Crippen LogP contribution < -0.4 is 11.0 Å². The number of nitrogens with zero attached hydrogens (tertiary/aromatic N) is 3. The molecule has 1 N–H and O–H groups in total. The van der Waals surface area contributed by atoms with Crippen LogP contribution in [0.1, 0.15) is 44.1 Å². The Morgan fingerprint density at radius 3 is 2.70 bits per heavy atom. The van der Waals surface area contributed by atoms with Crippen LogP contribution in [0.3, 0.4) is 0 Å². The number of aromatic nitrogens is 2. The summed E-state index contributed by atoms with van der Waals surface area (Å²) in [7, 11) is 0. The highest BCUT2D eigenvalue weighted by Crippen LogP contribution is 2.30. The van der Waals surface area contributed by atoms with Gasteiger partial charge in [-0.2, -0.15) is 5.10 Å². The first-order valence-electron chi connectivity index (χ1n) is 9.65. The quantitative estimate of drug-likeness (QED) is 0.695. The van der Waals surface area contributed by atoms with E-state index in [0.29, 0.717) is 29.3 Å². The van der Waals surface area contributed by atoms with Crippen LogP contribution in [0.25, 0.3) is 10.9 Å². The zero-order valence-corrected chi connectivity index (χ0v) is 15.6. The number of hydrazone groups is 1. The summed E-state index contributed by atoms with van der Waals surface area (Å²) in [6.45, 7) is 2.50.